The molecule has 0 aromatic rings. The molecule has 1 rings (SSSR count). The third-order valence-electron chi connectivity index (χ3n) is 3.94. The highest BCUT2D eigenvalue weighted by Crippen LogP contribution is 2.16. The summed E-state index contributed by atoms with van der Waals surface area (Å²) in [7, 11) is 0. The molecule has 0 aliphatic carbocycles. The van der Waals surface area contributed by atoms with Crippen molar-refractivity contribution in [2.75, 3.05) is 32.7 Å². The predicted octanol–water partition coefficient (Wildman–Crippen LogP) is -0.476. The molecule has 0 radical (unpaired) electrons. The fraction of sp³-hybridized carbons (Fsp3) is 0.846. The molecule has 110 valence electrons. The van der Waals surface area contributed by atoms with Gasteiger partial charge in [0.05, 0.1) is 12.1 Å². The van der Waals surface area contributed by atoms with Crippen LogP contribution in [0.25, 0.3) is 0 Å². The topological polar surface area (TPSA) is 92.7 Å². The van der Waals surface area contributed by atoms with Crippen molar-refractivity contribution in [1.82, 2.24) is 9.80 Å². The van der Waals surface area contributed by atoms with Crippen molar-refractivity contribution in [3.05, 3.63) is 0 Å². The quantitative estimate of drug-likeness (QED) is 0.706. The Kier molecular flexibility index (Phi) is 5.75. The summed E-state index contributed by atoms with van der Waals surface area (Å²) in [6, 6.07) is 0. The fourth-order valence-electron chi connectivity index (χ4n) is 2.42. The molecule has 1 heterocycles. The summed E-state index contributed by atoms with van der Waals surface area (Å²) in [6.07, 6.45) is 2.14. The Labute approximate surface area is 115 Å². The monoisotopic (exact) mass is 270 g/mol. The molecule has 0 atom stereocenters. The molecule has 0 aromatic carbocycles. The molecule has 1 fully saturated rings. The molecule has 6 nitrogen and oxygen atoms in total. The Hall–Kier alpha value is -1.14. The molecule has 0 spiro atoms. The van der Waals surface area contributed by atoms with Crippen LogP contribution in [0.15, 0.2) is 0 Å². The minimum absolute atomic E-state index is 0.0263. The lowest BCUT2D eigenvalue weighted by Crippen LogP contribution is -2.55. The molecule has 0 aromatic heterocycles. The van der Waals surface area contributed by atoms with Crippen LogP contribution in [-0.4, -0.2) is 59.9 Å². The lowest BCUT2D eigenvalue weighted by Gasteiger charge is -2.32. The van der Waals surface area contributed by atoms with E-state index in [1.807, 2.05) is 23.6 Å². The Morgan fingerprint density at radius 2 is 1.74 bits per heavy atom. The van der Waals surface area contributed by atoms with Crippen LogP contribution in [0.5, 0.6) is 0 Å². The van der Waals surface area contributed by atoms with Gasteiger partial charge in [0.15, 0.2) is 0 Å². The van der Waals surface area contributed by atoms with Gasteiger partial charge in [-0.3, -0.25) is 14.5 Å². The number of hydrogen-bond acceptors (Lipinski definition) is 4. The van der Waals surface area contributed by atoms with Crippen LogP contribution in [-0.2, 0) is 9.59 Å². The first-order valence-corrected chi connectivity index (χ1v) is 7.02. The number of nitrogens with two attached hydrogens (primary N) is 2. The van der Waals surface area contributed by atoms with E-state index in [1.54, 1.807) is 0 Å². The Morgan fingerprint density at radius 3 is 2.26 bits per heavy atom. The van der Waals surface area contributed by atoms with Gasteiger partial charge in [0.2, 0.25) is 11.8 Å². The zero-order chi connectivity index (χ0) is 14.5. The minimum Gasteiger partial charge on any atom is -0.369 e. The number of amides is 2. The second kappa shape index (κ2) is 6.86. The number of carbonyl (C=O) groups is 2. The molecule has 6 heteroatoms. The first-order valence-electron chi connectivity index (χ1n) is 7.02. The van der Waals surface area contributed by atoms with Gasteiger partial charge in [0.1, 0.15) is 0 Å². The molecular weight excluding hydrogens is 244 g/mol. The van der Waals surface area contributed by atoms with Crippen molar-refractivity contribution in [3.8, 4) is 0 Å². The van der Waals surface area contributed by atoms with Gasteiger partial charge in [-0.15, -0.1) is 0 Å². The van der Waals surface area contributed by atoms with E-state index in [9.17, 15) is 9.59 Å². The van der Waals surface area contributed by atoms with Crippen molar-refractivity contribution in [2.45, 2.75) is 38.6 Å². The van der Waals surface area contributed by atoms with Crippen molar-refractivity contribution >= 4 is 11.8 Å². The van der Waals surface area contributed by atoms with E-state index < -0.39 is 5.54 Å². The Bertz CT molecular complexity index is 329. The van der Waals surface area contributed by atoms with Crippen LogP contribution in [0.4, 0.5) is 0 Å². The van der Waals surface area contributed by atoms with Gasteiger partial charge in [-0.1, -0.05) is 13.8 Å². The van der Waals surface area contributed by atoms with Gasteiger partial charge in [0.25, 0.3) is 0 Å². The number of nitrogens with zero attached hydrogens (tertiary/aromatic N) is 2. The van der Waals surface area contributed by atoms with E-state index >= 15 is 0 Å². The van der Waals surface area contributed by atoms with Crippen molar-refractivity contribution in [1.29, 1.82) is 0 Å². The van der Waals surface area contributed by atoms with Gasteiger partial charge in [-0.25, -0.2) is 0 Å². The third kappa shape index (κ3) is 4.18. The van der Waals surface area contributed by atoms with Gasteiger partial charge in [-0.05, 0) is 19.3 Å². The molecule has 1 saturated heterocycles. The molecule has 0 bridgehead atoms. The van der Waals surface area contributed by atoms with Crippen LogP contribution in [0, 0.1) is 0 Å². The highest BCUT2D eigenvalue weighted by atomic mass is 16.2. The molecule has 4 N–H and O–H groups in total. The fourth-order valence-corrected chi connectivity index (χ4v) is 2.42. The molecule has 2 amide bonds. The molecular formula is C13H26N4O2. The molecule has 0 unspecified atom stereocenters. The second-order valence-electron chi connectivity index (χ2n) is 5.25. The maximum Gasteiger partial charge on any atom is 0.242 e. The number of hydrogen-bond donors (Lipinski definition) is 2. The summed E-state index contributed by atoms with van der Waals surface area (Å²) in [6.45, 7) is 6.94. The van der Waals surface area contributed by atoms with Gasteiger partial charge in [0, 0.05) is 26.2 Å². The van der Waals surface area contributed by atoms with E-state index in [1.165, 1.54) is 0 Å². The summed E-state index contributed by atoms with van der Waals surface area (Å²) in [5.74, 6) is -0.298. The summed E-state index contributed by atoms with van der Waals surface area (Å²) >= 11 is 0. The maximum atomic E-state index is 12.5. The third-order valence-corrected chi connectivity index (χ3v) is 3.94. The van der Waals surface area contributed by atoms with E-state index in [-0.39, 0.29) is 18.4 Å². The number of carbonyl (C=O) groups excluding carboxylic acids is 2. The molecule has 1 aliphatic rings. The van der Waals surface area contributed by atoms with Gasteiger partial charge >= 0.3 is 0 Å². The second-order valence-corrected chi connectivity index (χ2v) is 5.25. The van der Waals surface area contributed by atoms with E-state index in [4.69, 9.17) is 11.5 Å². The first kappa shape index (κ1) is 15.9. The zero-order valence-electron chi connectivity index (χ0n) is 12.0. The SMILES string of the molecule is CCC(N)(CC)C(=O)N1CCCN(CC(N)=O)CC1. The van der Waals surface area contributed by atoms with Crippen molar-refractivity contribution in [3.63, 3.8) is 0 Å². The summed E-state index contributed by atoms with van der Waals surface area (Å²) in [4.78, 5) is 27.2. The van der Waals surface area contributed by atoms with Crippen LogP contribution in [0.1, 0.15) is 33.1 Å². The first-order chi connectivity index (χ1) is 8.92. The Balaban J connectivity index is 2.62. The molecule has 19 heavy (non-hydrogen) atoms. The van der Waals surface area contributed by atoms with Crippen molar-refractivity contribution < 1.29 is 9.59 Å². The minimum atomic E-state index is -0.751. The molecule has 0 saturated carbocycles. The van der Waals surface area contributed by atoms with Crippen LogP contribution in [0.3, 0.4) is 0 Å². The summed E-state index contributed by atoms with van der Waals surface area (Å²) in [5, 5.41) is 0. The lowest BCUT2D eigenvalue weighted by molar-refractivity contribution is -0.137. The normalized spacial score (nSPS) is 18.2. The summed E-state index contributed by atoms with van der Waals surface area (Å²) in [5.41, 5.74) is 10.6. The van der Waals surface area contributed by atoms with E-state index in [0.717, 1.165) is 13.0 Å². The van der Waals surface area contributed by atoms with Crippen LogP contribution < -0.4 is 11.5 Å². The Morgan fingerprint density at radius 1 is 1.11 bits per heavy atom. The smallest absolute Gasteiger partial charge is 0.242 e. The van der Waals surface area contributed by atoms with Gasteiger partial charge < -0.3 is 16.4 Å². The average molecular weight is 270 g/mol. The number of rotatable bonds is 5. The largest absolute Gasteiger partial charge is 0.369 e. The number of primary amides is 1. The van der Waals surface area contributed by atoms with E-state index in [0.29, 0.717) is 32.5 Å². The standard InChI is InChI=1S/C13H26N4O2/c1-3-13(15,4-2)12(19)17-7-5-6-16(8-9-17)10-11(14)18/h3-10,15H2,1-2H3,(H2,14,18). The van der Waals surface area contributed by atoms with Crippen molar-refractivity contribution in [2.24, 2.45) is 11.5 Å². The lowest BCUT2D eigenvalue weighted by atomic mass is 9.92. The summed E-state index contributed by atoms with van der Waals surface area (Å²) < 4.78 is 0. The van der Waals surface area contributed by atoms with Gasteiger partial charge in [-0.2, -0.15) is 0 Å². The zero-order valence-corrected chi connectivity index (χ0v) is 12.0. The van der Waals surface area contributed by atoms with Crippen LogP contribution >= 0.6 is 0 Å². The predicted molar refractivity (Wildman–Crippen MR) is 74.3 cm³/mol. The molecule has 1 aliphatic heterocycles. The highest BCUT2D eigenvalue weighted by molar-refractivity contribution is 5.86. The average Bonchev–Trinajstić information content (AvgIpc) is 2.62. The maximum absolute atomic E-state index is 12.5. The van der Waals surface area contributed by atoms with Crippen LogP contribution in [0.2, 0.25) is 0 Å². The highest BCUT2D eigenvalue weighted by Gasteiger charge is 2.34. The van der Waals surface area contributed by atoms with E-state index in [2.05, 4.69) is 0 Å².